The summed E-state index contributed by atoms with van der Waals surface area (Å²) in [7, 11) is 0. The molecule has 124 valence electrons. The van der Waals surface area contributed by atoms with Crippen molar-refractivity contribution in [3.05, 3.63) is 29.8 Å². The van der Waals surface area contributed by atoms with Crippen LogP contribution in [0.5, 0.6) is 5.75 Å². The zero-order valence-electron chi connectivity index (χ0n) is 14.6. The van der Waals surface area contributed by atoms with Gasteiger partial charge >= 0.3 is 0 Å². The maximum absolute atomic E-state index is 10.2. The first-order valence-corrected chi connectivity index (χ1v) is 8.62. The molecular weight excluding hydrogens is 274 g/mol. The Hall–Kier alpha value is -1.06. The Bertz CT molecular complexity index is 449. The molecule has 2 rings (SSSR count). The number of rotatable bonds is 5. The van der Waals surface area contributed by atoms with Crippen molar-refractivity contribution in [1.29, 1.82) is 0 Å². The van der Waals surface area contributed by atoms with E-state index < -0.39 is 6.10 Å². The number of hydrogen-bond donors (Lipinski definition) is 2. The van der Waals surface area contributed by atoms with Gasteiger partial charge in [0.2, 0.25) is 0 Å². The molecule has 1 saturated heterocycles. The summed E-state index contributed by atoms with van der Waals surface area (Å²) in [4.78, 5) is 1.52. The van der Waals surface area contributed by atoms with Gasteiger partial charge in [-0.1, -0.05) is 32.9 Å². The van der Waals surface area contributed by atoms with Crippen molar-refractivity contribution in [2.45, 2.75) is 64.5 Å². The van der Waals surface area contributed by atoms with E-state index in [9.17, 15) is 5.11 Å². The molecule has 1 aromatic rings. The Morgan fingerprint density at radius 3 is 2.50 bits per heavy atom. The van der Waals surface area contributed by atoms with Crippen LogP contribution in [-0.2, 0) is 5.41 Å². The quantitative estimate of drug-likeness (QED) is 0.874. The Morgan fingerprint density at radius 1 is 1.23 bits per heavy atom. The number of likely N-dealkylation sites (tertiary alicyclic amines) is 1. The van der Waals surface area contributed by atoms with Gasteiger partial charge in [0, 0.05) is 0 Å². The zero-order valence-corrected chi connectivity index (χ0v) is 14.6. The Balaban J connectivity index is 1.79. The average molecular weight is 306 g/mol. The number of piperidine rings is 1. The van der Waals surface area contributed by atoms with Crippen LogP contribution >= 0.6 is 0 Å². The van der Waals surface area contributed by atoms with E-state index in [2.05, 4.69) is 39.8 Å². The fraction of sp³-hybridized carbons (Fsp3) is 0.684. The first-order chi connectivity index (χ1) is 10.4. The lowest BCUT2D eigenvalue weighted by molar-refractivity contribution is -0.931. The van der Waals surface area contributed by atoms with E-state index >= 15 is 0 Å². The Morgan fingerprint density at radius 2 is 1.91 bits per heavy atom. The highest BCUT2D eigenvalue weighted by molar-refractivity contribution is 5.31. The number of benzene rings is 1. The van der Waals surface area contributed by atoms with Gasteiger partial charge in [0.25, 0.3) is 0 Å². The van der Waals surface area contributed by atoms with Gasteiger partial charge in [-0.2, -0.15) is 0 Å². The fourth-order valence-corrected chi connectivity index (χ4v) is 3.16. The van der Waals surface area contributed by atoms with Gasteiger partial charge in [-0.3, -0.25) is 0 Å². The molecule has 1 aliphatic heterocycles. The minimum absolute atomic E-state index is 0.159. The standard InChI is InChI=1S/C19H31NO2/c1-15-7-5-6-12-20(15)13-17(21)14-22-18-10-8-16(9-11-18)19(2,3)4/h8-11,15,17,21H,5-7,12-14H2,1-4H3/p+1/t15-,17+/m1/s1. The van der Waals surface area contributed by atoms with Crippen LogP contribution in [0.1, 0.15) is 52.5 Å². The van der Waals surface area contributed by atoms with Gasteiger partial charge in [-0.05, 0) is 49.3 Å². The minimum Gasteiger partial charge on any atom is -0.491 e. The third-order valence-corrected chi connectivity index (χ3v) is 4.74. The van der Waals surface area contributed by atoms with Gasteiger partial charge in [0.05, 0.1) is 12.6 Å². The summed E-state index contributed by atoms with van der Waals surface area (Å²) in [6, 6.07) is 8.89. The second-order valence-corrected chi connectivity index (χ2v) is 7.75. The highest BCUT2D eigenvalue weighted by Crippen LogP contribution is 2.24. The molecule has 3 nitrogen and oxygen atoms in total. The van der Waals surface area contributed by atoms with Crippen molar-refractivity contribution in [2.75, 3.05) is 19.7 Å². The second-order valence-electron chi connectivity index (χ2n) is 7.75. The highest BCUT2D eigenvalue weighted by Gasteiger charge is 2.24. The van der Waals surface area contributed by atoms with Crippen LogP contribution in [0.2, 0.25) is 0 Å². The van der Waals surface area contributed by atoms with Gasteiger partial charge in [0.1, 0.15) is 25.0 Å². The molecule has 3 heteroatoms. The third kappa shape index (κ3) is 4.99. The SMILES string of the molecule is C[C@@H]1CCCC[NH+]1C[C@H](O)COc1ccc(C(C)(C)C)cc1. The third-order valence-electron chi connectivity index (χ3n) is 4.74. The molecule has 0 radical (unpaired) electrons. The summed E-state index contributed by atoms with van der Waals surface area (Å²) in [6.07, 6.45) is 3.49. The van der Waals surface area contributed by atoms with Crippen molar-refractivity contribution in [2.24, 2.45) is 0 Å². The molecule has 1 fully saturated rings. The molecule has 0 aromatic heterocycles. The van der Waals surface area contributed by atoms with Crippen molar-refractivity contribution in [3.63, 3.8) is 0 Å². The minimum atomic E-state index is -0.391. The van der Waals surface area contributed by atoms with Gasteiger partial charge in [0.15, 0.2) is 0 Å². The molecular formula is C19H32NO2+. The number of quaternary nitrogens is 1. The number of ether oxygens (including phenoxy) is 1. The maximum atomic E-state index is 10.2. The number of aliphatic hydroxyl groups is 1. The zero-order chi connectivity index (χ0) is 16.2. The average Bonchev–Trinajstić information content (AvgIpc) is 2.47. The first kappa shape index (κ1) is 17.3. The molecule has 0 bridgehead atoms. The molecule has 3 atom stereocenters. The first-order valence-electron chi connectivity index (χ1n) is 8.62. The van der Waals surface area contributed by atoms with Gasteiger partial charge in [-0.25, -0.2) is 0 Å². The van der Waals surface area contributed by atoms with E-state index in [1.54, 1.807) is 0 Å². The van der Waals surface area contributed by atoms with Gasteiger partial charge < -0.3 is 14.7 Å². The number of hydrogen-bond acceptors (Lipinski definition) is 2. The maximum Gasteiger partial charge on any atom is 0.137 e. The van der Waals surface area contributed by atoms with Crippen LogP contribution in [0.25, 0.3) is 0 Å². The van der Waals surface area contributed by atoms with Crippen LogP contribution in [0.4, 0.5) is 0 Å². The monoisotopic (exact) mass is 306 g/mol. The molecule has 1 heterocycles. The summed E-state index contributed by atoms with van der Waals surface area (Å²) >= 11 is 0. The lowest BCUT2D eigenvalue weighted by atomic mass is 9.87. The summed E-state index contributed by atoms with van der Waals surface area (Å²) in [5, 5.41) is 10.2. The van der Waals surface area contributed by atoms with Crippen LogP contribution < -0.4 is 9.64 Å². The summed E-state index contributed by atoms with van der Waals surface area (Å²) in [5.74, 6) is 0.841. The van der Waals surface area contributed by atoms with Crippen molar-refractivity contribution in [1.82, 2.24) is 0 Å². The van der Waals surface area contributed by atoms with E-state index in [1.165, 1.54) is 36.3 Å². The molecule has 0 spiro atoms. The molecule has 1 aliphatic rings. The molecule has 1 aromatic carbocycles. The largest absolute Gasteiger partial charge is 0.491 e. The van der Waals surface area contributed by atoms with Gasteiger partial charge in [-0.15, -0.1) is 0 Å². The summed E-state index contributed by atoms with van der Waals surface area (Å²) < 4.78 is 5.75. The molecule has 2 N–H and O–H groups in total. The number of nitrogens with one attached hydrogen (secondary N) is 1. The lowest BCUT2D eigenvalue weighted by Gasteiger charge is -2.31. The predicted molar refractivity (Wildman–Crippen MR) is 90.7 cm³/mol. The van der Waals surface area contributed by atoms with Crippen molar-refractivity contribution in [3.8, 4) is 5.75 Å². The fourth-order valence-electron chi connectivity index (χ4n) is 3.16. The lowest BCUT2D eigenvalue weighted by Crippen LogP contribution is -3.17. The molecule has 0 aliphatic carbocycles. The Labute approximate surface area is 135 Å². The van der Waals surface area contributed by atoms with Crippen molar-refractivity contribution >= 4 is 0 Å². The Kier molecular flexibility index (Phi) is 5.87. The molecule has 22 heavy (non-hydrogen) atoms. The normalized spacial score (nSPS) is 24.0. The topological polar surface area (TPSA) is 33.9 Å². The highest BCUT2D eigenvalue weighted by atomic mass is 16.5. The van der Waals surface area contributed by atoms with E-state index in [0.29, 0.717) is 12.6 Å². The summed E-state index contributed by atoms with van der Waals surface area (Å²) in [6.45, 7) is 11.2. The van der Waals surface area contributed by atoms with Crippen LogP contribution in [0.3, 0.4) is 0 Å². The van der Waals surface area contributed by atoms with E-state index in [0.717, 1.165) is 12.3 Å². The van der Waals surface area contributed by atoms with E-state index in [-0.39, 0.29) is 5.41 Å². The predicted octanol–water partition coefficient (Wildman–Crippen LogP) is 2.18. The van der Waals surface area contributed by atoms with Crippen LogP contribution in [0.15, 0.2) is 24.3 Å². The van der Waals surface area contributed by atoms with E-state index in [4.69, 9.17) is 4.74 Å². The summed E-state index contributed by atoms with van der Waals surface area (Å²) in [5.41, 5.74) is 1.46. The second kappa shape index (κ2) is 7.47. The molecule has 0 amide bonds. The van der Waals surface area contributed by atoms with Crippen LogP contribution in [-0.4, -0.2) is 36.9 Å². The number of aliphatic hydroxyl groups excluding tert-OH is 1. The molecule has 1 unspecified atom stereocenters. The van der Waals surface area contributed by atoms with Crippen LogP contribution in [0, 0.1) is 0 Å². The van der Waals surface area contributed by atoms with Crippen molar-refractivity contribution < 1.29 is 14.7 Å². The molecule has 0 saturated carbocycles. The van der Waals surface area contributed by atoms with E-state index in [1.807, 2.05) is 12.1 Å². The smallest absolute Gasteiger partial charge is 0.137 e.